The Morgan fingerprint density at radius 1 is 0.867 bits per heavy atom. The molecule has 0 heterocycles. The molecular formula is C35H41N3O7. The summed E-state index contributed by atoms with van der Waals surface area (Å²) >= 11 is 0. The van der Waals surface area contributed by atoms with Gasteiger partial charge in [0.15, 0.2) is 0 Å². The zero-order chi connectivity index (χ0) is 32.6. The average molecular weight is 616 g/mol. The maximum Gasteiger partial charge on any atom is 0.408 e. The molecule has 0 saturated heterocycles. The Hall–Kier alpha value is -4.86. The highest BCUT2D eigenvalue weighted by atomic mass is 16.6. The van der Waals surface area contributed by atoms with Gasteiger partial charge in [0.25, 0.3) is 0 Å². The van der Waals surface area contributed by atoms with Crippen LogP contribution in [0, 0.1) is 0 Å². The van der Waals surface area contributed by atoms with Crippen LogP contribution in [0.3, 0.4) is 0 Å². The van der Waals surface area contributed by atoms with Crippen molar-refractivity contribution < 1.29 is 33.8 Å². The number of nitrogens with one attached hydrogen (secondary N) is 2. The molecular weight excluding hydrogens is 574 g/mol. The minimum absolute atomic E-state index is 0.0719. The second-order valence-corrected chi connectivity index (χ2v) is 12.1. The lowest BCUT2D eigenvalue weighted by Gasteiger charge is -2.30. The topological polar surface area (TPSA) is 134 Å². The molecule has 0 fully saturated rings. The number of aliphatic carboxylic acids is 1. The molecule has 0 saturated carbocycles. The summed E-state index contributed by atoms with van der Waals surface area (Å²) in [6.07, 6.45) is -0.867. The Labute approximate surface area is 263 Å². The number of hydrogen-bond acceptors (Lipinski definition) is 6. The van der Waals surface area contributed by atoms with Crippen LogP contribution in [0.2, 0.25) is 0 Å². The number of carboxylic acid groups (broad SMARTS) is 1. The number of fused-ring (bicyclic) bond motifs is 3. The molecule has 4 rings (SSSR count). The van der Waals surface area contributed by atoms with E-state index in [1.807, 2.05) is 66.7 Å². The molecule has 2 atom stereocenters. The van der Waals surface area contributed by atoms with E-state index in [1.54, 1.807) is 20.8 Å². The lowest BCUT2D eigenvalue weighted by Crippen LogP contribution is -2.53. The third-order valence-electron chi connectivity index (χ3n) is 7.64. The summed E-state index contributed by atoms with van der Waals surface area (Å²) in [6.45, 7) is 5.46. The van der Waals surface area contributed by atoms with Crippen molar-refractivity contribution in [2.24, 2.45) is 0 Å². The van der Waals surface area contributed by atoms with Crippen molar-refractivity contribution in [2.45, 2.75) is 63.6 Å². The van der Waals surface area contributed by atoms with Gasteiger partial charge in [-0.3, -0.25) is 4.79 Å². The number of hydrogen-bond donors (Lipinski definition) is 3. The number of carbonyl (C=O) groups is 4. The van der Waals surface area contributed by atoms with Gasteiger partial charge >= 0.3 is 18.2 Å². The van der Waals surface area contributed by atoms with Crippen molar-refractivity contribution in [3.63, 3.8) is 0 Å². The van der Waals surface area contributed by atoms with Gasteiger partial charge in [-0.1, -0.05) is 78.9 Å². The first-order chi connectivity index (χ1) is 21.4. The highest BCUT2D eigenvalue weighted by Crippen LogP contribution is 2.44. The maximum atomic E-state index is 13.5. The largest absolute Gasteiger partial charge is 0.480 e. The van der Waals surface area contributed by atoms with Crippen LogP contribution in [-0.4, -0.2) is 72.0 Å². The van der Waals surface area contributed by atoms with Crippen molar-refractivity contribution in [2.75, 3.05) is 20.2 Å². The number of likely N-dealkylation sites (N-methyl/N-ethyl adjacent to an activating group) is 1. The van der Waals surface area contributed by atoms with Crippen LogP contribution >= 0.6 is 0 Å². The van der Waals surface area contributed by atoms with E-state index in [2.05, 4.69) is 22.8 Å². The first-order valence-corrected chi connectivity index (χ1v) is 15.1. The van der Waals surface area contributed by atoms with E-state index < -0.39 is 41.7 Å². The van der Waals surface area contributed by atoms with Crippen LogP contribution < -0.4 is 10.6 Å². The molecule has 0 aromatic heterocycles. The number of alkyl carbamates (subject to hydrolysis) is 2. The number of amides is 3. The molecule has 45 heavy (non-hydrogen) atoms. The molecule has 1 aliphatic carbocycles. The SMILES string of the molecule is CN(C(=O)[C@H](Cc1ccccc1)NC(=O)OC(C)(C)C)[C@@H](CCCNC(=O)OCC1c2ccccc2-c2ccccc21)C(=O)O. The van der Waals surface area contributed by atoms with Gasteiger partial charge in [-0.25, -0.2) is 14.4 Å². The van der Waals surface area contributed by atoms with Crippen LogP contribution in [-0.2, 0) is 25.5 Å². The average Bonchev–Trinajstić information content (AvgIpc) is 3.32. The monoisotopic (exact) mass is 615 g/mol. The summed E-state index contributed by atoms with van der Waals surface area (Å²) in [7, 11) is 1.40. The molecule has 0 spiro atoms. The first-order valence-electron chi connectivity index (χ1n) is 15.1. The summed E-state index contributed by atoms with van der Waals surface area (Å²) in [5.74, 6) is -1.83. The number of ether oxygens (including phenoxy) is 2. The highest BCUT2D eigenvalue weighted by molar-refractivity contribution is 5.89. The van der Waals surface area contributed by atoms with Gasteiger partial charge in [-0.15, -0.1) is 0 Å². The minimum atomic E-state index is -1.19. The standard InChI is InChI=1S/C35H41N3O7/c1-35(2,3)45-34(43)37-29(21-23-13-6-5-7-14-23)31(39)38(4)30(32(40)41)19-12-20-36-33(42)44-22-28-26-17-10-8-15-24(26)25-16-9-11-18-27(25)28/h5-11,13-18,28-30H,12,19-22H2,1-4H3,(H,36,42)(H,37,43)(H,40,41)/t29-,30-/m0/s1. The smallest absolute Gasteiger partial charge is 0.408 e. The van der Waals surface area contributed by atoms with Gasteiger partial charge in [0.05, 0.1) is 0 Å². The Morgan fingerprint density at radius 3 is 2.02 bits per heavy atom. The predicted octanol–water partition coefficient (Wildman–Crippen LogP) is 5.35. The summed E-state index contributed by atoms with van der Waals surface area (Å²) in [6, 6.07) is 23.0. The number of rotatable bonds is 12. The Balaban J connectivity index is 1.31. The second kappa shape index (κ2) is 14.7. The van der Waals surface area contributed by atoms with Crippen molar-refractivity contribution in [3.05, 3.63) is 95.6 Å². The molecule has 3 amide bonds. The molecule has 0 bridgehead atoms. The fraction of sp³-hybridized carbons (Fsp3) is 0.371. The van der Waals surface area contributed by atoms with E-state index in [-0.39, 0.29) is 38.3 Å². The van der Waals surface area contributed by atoms with Gasteiger partial charge < -0.3 is 30.1 Å². The van der Waals surface area contributed by atoms with Crippen molar-refractivity contribution >= 4 is 24.1 Å². The lowest BCUT2D eigenvalue weighted by molar-refractivity contribution is -0.150. The number of nitrogens with zero attached hydrogens (tertiary/aromatic N) is 1. The van der Waals surface area contributed by atoms with E-state index >= 15 is 0 Å². The fourth-order valence-electron chi connectivity index (χ4n) is 5.52. The predicted molar refractivity (Wildman–Crippen MR) is 170 cm³/mol. The zero-order valence-corrected chi connectivity index (χ0v) is 26.1. The summed E-state index contributed by atoms with van der Waals surface area (Å²) < 4.78 is 10.9. The molecule has 3 aromatic carbocycles. The van der Waals surface area contributed by atoms with Gasteiger partial charge in [0.1, 0.15) is 24.3 Å². The highest BCUT2D eigenvalue weighted by Gasteiger charge is 2.33. The van der Waals surface area contributed by atoms with E-state index in [1.165, 1.54) is 7.05 Å². The van der Waals surface area contributed by atoms with Crippen molar-refractivity contribution in [1.29, 1.82) is 0 Å². The Bertz CT molecular complexity index is 1460. The van der Waals surface area contributed by atoms with E-state index in [0.717, 1.165) is 32.7 Å². The quantitative estimate of drug-likeness (QED) is 0.234. The molecule has 3 aromatic rings. The maximum absolute atomic E-state index is 13.5. The van der Waals surface area contributed by atoms with Crippen LogP contribution in [0.5, 0.6) is 0 Å². The minimum Gasteiger partial charge on any atom is -0.480 e. The summed E-state index contributed by atoms with van der Waals surface area (Å²) in [5, 5.41) is 15.3. The van der Waals surface area contributed by atoms with Gasteiger partial charge in [-0.2, -0.15) is 0 Å². The first kappa shape index (κ1) is 33.0. The van der Waals surface area contributed by atoms with Crippen LogP contribution in [0.1, 0.15) is 56.2 Å². The molecule has 0 aliphatic heterocycles. The van der Waals surface area contributed by atoms with Crippen LogP contribution in [0.15, 0.2) is 78.9 Å². The Kier molecular flexibility index (Phi) is 10.8. The third-order valence-corrected chi connectivity index (χ3v) is 7.64. The van der Waals surface area contributed by atoms with E-state index in [0.29, 0.717) is 0 Å². The van der Waals surface area contributed by atoms with Gasteiger partial charge in [-0.05, 0) is 61.4 Å². The molecule has 1 aliphatic rings. The van der Waals surface area contributed by atoms with Crippen LogP contribution in [0.4, 0.5) is 9.59 Å². The summed E-state index contributed by atoms with van der Waals surface area (Å²) in [4.78, 5) is 51.9. The van der Waals surface area contributed by atoms with Crippen molar-refractivity contribution in [1.82, 2.24) is 15.5 Å². The second-order valence-electron chi connectivity index (χ2n) is 12.1. The molecule has 0 unspecified atom stereocenters. The normalized spacial score (nSPS) is 13.5. The molecule has 238 valence electrons. The molecule has 3 N–H and O–H groups in total. The van der Waals surface area contributed by atoms with Gasteiger partial charge in [0, 0.05) is 25.9 Å². The lowest BCUT2D eigenvalue weighted by atomic mass is 9.98. The van der Waals surface area contributed by atoms with Gasteiger partial charge in [0.2, 0.25) is 5.91 Å². The number of carbonyl (C=O) groups excluding carboxylic acids is 3. The molecule has 10 heteroatoms. The Morgan fingerprint density at radius 2 is 1.44 bits per heavy atom. The number of carboxylic acids is 1. The summed E-state index contributed by atoms with van der Waals surface area (Å²) in [5.41, 5.74) is 4.49. The zero-order valence-electron chi connectivity index (χ0n) is 26.1. The van der Waals surface area contributed by atoms with E-state index in [9.17, 15) is 24.3 Å². The van der Waals surface area contributed by atoms with Crippen molar-refractivity contribution in [3.8, 4) is 11.1 Å². The third kappa shape index (κ3) is 8.84. The fourth-order valence-corrected chi connectivity index (χ4v) is 5.52. The molecule has 0 radical (unpaired) electrons. The van der Waals surface area contributed by atoms with Crippen LogP contribution in [0.25, 0.3) is 11.1 Å². The number of benzene rings is 3. The molecule has 10 nitrogen and oxygen atoms in total. The van der Waals surface area contributed by atoms with E-state index in [4.69, 9.17) is 9.47 Å².